The van der Waals surface area contributed by atoms with E-state index in [0.29, 0.717) is 15.6 Å². The smallest absolute Gasteiger partial charge is 0.167 e. The van der Waals surface area contributed by atoms with Gasteiger partial charge in [-0.05, 0) is 30.7 Å². The molecule has 4 aromatic rings. The van der Waals surface area contributed by atoms with Crippen LogP contribution in [0, 0.1) is 18.3 Å². The number of hydrogen-bond donors (Lipinski definition) is 0. The van der Waals surface area contributed by atoms with Crippen molar-refractivity contribution in [1.82, 2.24) is 4.98 Å². The minimum absolute atomic E-state index is 0.502. The Morgan fingerprint density at radius 2 is 1.57 bits per heavy atom. The molecule has 0 aliphatic rings. The van der Waals surface area contributed by atoms with Gasteiger partial charge in [0.2, 0.25) is 0 Å². The second-order valence-electron chi connectivity index (χ2n) is 6.65. The minimum Gasteiger partial charge on any atom is -0.233 e. The molecule has 144 valence electrons. The highest BCUT2D eigenvalue weighted by atomic mass is 32.1. The first-order valence-corrected chi connectivity index (χ1v) is 10.3. The zero-order chi connectivity index (χ0) is 20.8. The number of allylic oxidation sites excluding steroid dienone is 1. The summed E-state index contributed by atoms with van der Waals surface area (Å²) in [4.78, 5) is 4.75. The van der Waals surface area contributed by atoms with Gasteiger partial charge in [-0.15, -0.1) is 10.2 Å². The normalized spacial score (nSPS) is 11.5. The molecule has 0 radical (unpaired) electrons. The quantitative estimate of drug-likeness (QED) is 0.253. The van der Waals surface area contributed by atoms with Crippen LogP contribution in [0.4, 0.5) is 10.7 Å². The predicted octanol–water partition coefficient (Wildman–Crippen LogP) is 7.60. The first kappa shape index (κ1) is 19.4. The molecule has 1 aromatic heterocycles. The largest absolute Gasteiger partial charge is 0.233 e. The van der Waals surface area contributed by atoms with E-state index in [2.05, 4.69) is 16.3 Å². The number of nitrogens with zero attached hydrogens (tertiary/aromatic N) is 4. The third kappa shape index (κ3) is 4.57. The van der Waals surface area contributed by atoms with Gasteiger partial charge < -0.3 is 0 Å². The lowest BCUT2D eigenvalue weighted by molar-refractivity contribution is 1.24. The first-order chi connectivity index (χ1) is 14.7. The summed E-state index contributed by atoms with van der Waals surface area (Å²) in [6, 6.07) is 29.7. The van der Waals surface area contributed by atoms with Crippen LogP contribution >= 0.6 is 11.3 Å². The van der Waals surface area contributed by atoms with Gasteiger partial charge in [-0.3, -0.25) is 0 Å². The van der Waals surface area contributed by atoms with E-state index in [0.717, 1.165) is 22.5 Å². The van der Waals surface area contributed by atoms with Gasteiger partial charge in [0, 0.05) is 5.56 Å². The summed E-state index contributed by atoms with van der Waals surface area (Å²) in [6.45, 7) is 2.04. The SMILES string of the molecule is Cc1ccc(/C=C(\C#N)c2nc(-c3ccccc3)c(N=Nc3ccccc3)s2)cc1. The van der Waals surface area contributed by atoms with Crippen molar-refractivity contribution >= 4 is 33.7 Å². The number of aryl methyl sites for hydroxylation is 1. The number of thiazole rings is 1. The molecule has 5 heteroatoms. The third-order valence-electron chi connectivity index (χ3n) is 4.41. The van der Waals surface area contributed by atoms with Crippen LogP contribution in [0.2, 0.25) is 0 Å². The van der Waals surface area contributed by atoms with Gasteiger partial charge in [0.15, 0.2) is 5.00 Å². The van der Waals surface area contributed by atoms with Gasteiger partial charge >= 0.3 is 0 Å². The Kier molecular flexibility index (Phi) is 5.88. The summed E-state index contributed by atoms with van der Waals surface area (Å²) in [5.74, 6) is 0. The number of rotatable bonds is 5. The summed E-state index contributed by atoms with van der Waals surface area (Å²) in [6.07, 6.45) is 1.85. The van der Waals surface area contributed by atoms with E-state index in [9.17, 15) is 5.26 Å². The van der Waals surface area contributed by atoms with Crippen molar-refractivity contribution in [3.63, 3.8) is 0 Å². The van der Waals surface area contributed by atoms with Crippen LogP contribution in [0.25, 0.3) is 22.9 Å². The molecule has 0 bridgehead atoms. The number of nitriles is 1. The molecule has 4 rings (SSSR count). The fourth-order valence-electron chi connectivity index (χ4n) is 2.85. The van der Waals surface area contributed by atoms with E-state index in [1.807, 2.05) is 97.9 Å². The second kappa shape index (κ2) is 9.08. The molecule has 4 nitrogen and oxygen atoms in total. The topological polar surface area (TPSA) is 61.4 Å². The Bertz CT molecular complexity index is 1230. The number of aromatic nitrogens is 1. The molecule has 0 aliphatic carbocycles. The van der Waals surface area contributed by atoms with Crippen LogP contribution in [-0.2, 0) is 0 Å². The van der Waals surface area contributed by atoms with E-state index < -0.39 is 0 Å². The summed E-state index contributed by atoms with van der Waals surface area (Å²) < 4.78 is 0. The first-order valence-electron chi connectivity index (χ1n) is 9.45. The zero-order valence-corrected chi connectivity index (χ0v) is 17.2. The standard InChI is InChI=1S/C25H18N4S/c1-18-12-14-19(15-13-18)16-21(17-26)24-27-23(20-8-4-2-5-9-20)25(30-24)29-28-22-10-6-3-7-11-22/h2-16H,1H3/b21-16+,29-28?. The molecule has 0 saturated heterocycles. The van der Waals surface area contributed by atoms with Crippen molar-refractivity contribution in [2.45, 2.75) is 6.92 Å². The van der Waals surface area contributed by atoms with E-state index >= 15 is 0 Å². The maximum absolute atomic E-state index is 9.77. The summed E-state index contributed by atoms with van der Waals surface area (Å²) >= 11 is 1.37. The van der Waals surface area contributed by atoms with E-state index in [-0.39, 0.29) is 0 Å². The highest BCUT2D eigenvalue weighted by Gasteiger charge is 2.16. The molecule has 30 heavy (non-hydrogen) atoms. The Morgan fingerprint density at radius 1 is 0.900 bits per heavy atom. The molecule has 0 fully saturated rings. The molecule has 1 heterocycles. The Hall–Kier alpha value is -3.88. The molecule has 0 amide bonds. The number of hydrogen-bond acceptors (Lipinski definition) is 5. The highest BCUT2D eigenvalue weighted by molar-refractivity contribution is 7.17. The van der Waals surface area contributed by atoms with Crippen LogP contribution in [0.1, 0.15) is 16.1 Å². The second-order valence-corrected chi connectivity index (χ2v) is 7.63. The van der Waals surface area contributed by atoms with Gasteiger partial charge in [-0.25, -0.2) is 4.98 Å². The zero-order valence-electron chi connectivity index (χ0n) is 16.4. The van der Waals surface area contributed by atoms with Gasteiger partial charge in [0.1, 0.15) is 16.8 Å². The van der Waals surface area contributed by atoms with Crippen LogP contribution in [0.5, 0.6) is 0 Å². The molecule has 0 spiro atoms. The van der Waals surface area contributed by atoms with E-state index in [1.165, 1.54) is 16.9 Å². The minimum atomic E-state index is 0.502. The molecule has 3 aromatic carbocycles. The average Bonchev–Trinajstić information content (AvgIpc) is 3.22. The fraction of sp³-hybridized carbons (Fsp3) is 0.0400. The van der Waals surface area contributed by atoms with Crippen LogP contribution < -0.4 is 0 Å². The van der Waals surface area contributed by atoms with Crippen LogP contribution in [0.3, 0.4) is 0 Å². The van der Waals surface area contributed by atoms with Crippen molar-refractivity contribution in [3.05, 3.63) is 101 Å². The van der Waals surface area contributed by atoms with Crippen molar-refractivity contribution in [3.8, 4) is 17.3 Å². The maximum atomic E-state index is 9.77. The Labute approximate surface area is 179 Å². The molecule has 0 atom stereocenters. The number of benzene rings is 3. The lowest BCUT2D eigenvalue weighted by Crippen LogP contribution is -1.83. The maximum Gasteiger partial charge on any atom is 0.167 e. The molecular formula is C25H18N4S. The lowest BCUT2D eigenvalue weighted by Gasteiger charge is -1.98. The van der Waals surface area contributed by atoms with Gasteiger partial charge in [0.25, 0.3) is 0 Å². The van der Waals surface area contributed by atoms with E-state index in [1.54, 1.807) is 0 Å². The van der Waals surface area contributed by atoms with Gasteiger partial charge in [-0.2, -0.15) is 5.26 Å². The van der Waals surface area contributed by atoms with Crippen molar-refractivity contribution in [2.24, 2.45) is 10.2 Å². The van der Waals surface area contributed by atoms with Crippen molar-refractivity contribution < 1.29 is 0 Å². The molecule has 0 aliphatic heterocycles. The molecular weight excluding hydrogens is 388 g/mol. The molecule has 0 unspecified atom stereocenters. The van der Waals surface area contributed by atoms with Crippen molar-refractivity contribution in [1.29, 1.82) is 5.26 Å². The van der Waals surface area contributed by atoms with Gasteiger partial charge in [-0.1, -0.05) is 89.7 Å². The third-order valence-corrected chi connectivity index (χ3v) is 5.38. The summed E-state index contributed by atoms with van der Waals surface area (Å²) in [7, 11) is 0. The van der Waals surface area contributed by atoms with Gasteiger partial charge in [0.05, 0.1) is 11.3 Å². The Morgan fingerprint density at radius 3 is 2.23 bits per heavy atom. The van der Waals surface area contributed by atoms with Crippen LogP contribution in [0.15, 0.2) is 95.2 Å². The fourth-order valence-corrected chi connectivity index (χ4v) is 3.72. The summed E-state index contributed by atoms with van der Waals surface area (Å²) in [5, 5.41) is 19.9. The highest BCUT2D eigenvalue weighted by Crippen LogP contribution is 2.39. The molecule has 0 saturated carbocycles. The van der Waals surface area contributed by atoms with Crippen molar-refractivity contribution in [2.75, 3.05) is 0 Å². The Balaban J connectivity index is 1.77. The predicted molar refractivity (Wildman–Crippen MR) is 123 cm³/mol. The monoisotopic (exact) mass is 406 g/mol. The molecule has 0 N–H and O–H groups in total. The van der Waals surface area contributed by atoms with E-state index in [4.69, 9.17) is 4.98 Å². The van der Waals surface area contributed by atoms with Crippen LogP contribution in [-0.4, -0.2) is 4.98 Å². The summed E-state index contributed by atoms with van der Waals surface area (Å²) in [5.41, 5.74) is 5.07. The average molecular weight is 407 g/mol. The lowest BCUT2D eigenvalue weighted by atomic mass is 10.1. The number of azo groups is 1.